The normalized spacial score (nSPS) is 25.6. The van der Waals surface area contributed by atoms with Gasteiger partial charge in [-0.25, -0.2) is 8.42 Å². The predicted molar refractivity (Wildman–Crippen MR) is 76.6 cm³/mol. The lowest BCUT2D eigenvalue weighted by molar-refractivity contribution is 0.571. The molecule has 1 N–H and O–H groups in total. The van der Waals surface area contributed by atoms with E-state index in [1.165, 1.54) is 19.3 Å². The maximum Gasteiger partial charge on any atom is 0.244 e. The molecular weight excluding hydrogens is 278 g/mol. The second kappa shape index (κ2) is 5.51. The third-order valence-corrected chi connectivity index (χ3v) is 5.56. The number of aromatic nitrogens is 3. The van der Waals surface area contributed by atoms with Crippen LogP contribution in [0.5, 0.6) is 0 Å². The molecule has 3 heterocycles. The Morgan fingerprint density at radius 2 is 2.05 bits per heavy atom. The Balaban J connectivity index is 1.68. The van der Waals surface area contributed by atoms with E-state index in [1.54, 1.807) is 6.20 Å². The van der Waals surface area contributed by atoms with Gasteiger partial charge in [0.25, 0.3) is 0 Å². The van der Waals surface area contributed by atoms with Crippen LogP contribution >= 0.6 is 0 Å². The van der Waals surface area contributed by atoms with Crippen molar-refractivity contribution < 1.29 is 8.42 Å². The van der Waals surface area contributed by atoms with Gasteiger partial charge in [0.1, 0.15) is 0 Å². The molecule has 0 bridgehead atoms. The fourth-order valence-electron chi connectivity index (χ4n) is 2.72. The van der Waals surface area contributed by atoms with Gasteiger partial charge in [-0.3, -0.25) is 0 Å². The lowest BCUT2D eigenvalue weighted by Crippen LogP contribution is -2.31. The Labute approximate surface area is 118 Å². The maximum atomic E-state index is 11.4. The van der Waals surface area contributed by atoms with Crippen LogP contribution in [0, 0.1) is 0 Å². The number of piperidine rings is 1. The number of anilines is 2. The zero-order valence-corrected chi connectivity index (χ0v) is 12.1. The number of rotatable bonds is 3. The van der Waals surface area contributed by atoms with Crippen LogP contribution in [0.3, 0.4) is 0 Å². The van der Waals surface area contributed by atoms with Crippen molar-refractivity contribution in [3.63, 3.8) is 0 Å². The lowest BCUT2D eigenvalue weighted by Gasteiger charge is -2.27. The monoisotopic (exact) mass is 297 g/mol. The van der Waals surface area contributed by atoms with Crippen molar-refractivity contribution in [1.82, 2.24) is 15.2 Å². The second-order valence-electron chi connectivity index (χ2n) is 5.43. The molecule has 3 rings (SSSR count). The van der Waals surface area contributed by atoms with Crippen molar-refractivity contribution in [2.24, 2.45) is 0 Å². The van der Waals surface area contributed by atoms with Gasteiger partial charge in [0.2, 0.25) is 5.95 Å². The average Bonchev–Trinajstić information content (AvgIpc) is 2.79. The van der Waals surface area contributed by atoms with Gasteiger partial charge in [-0.05, 0) is 25.7 Å². The summed E-state index contributed by atoms with van der Waals surface area (Å²) >= 11 is 0. The molecule has 2 aliphatic rings. The molecule has 1 atom stereocenters. The zero-order valence-electron chi connectivity index (χ0n) is 11.3. The van der Waals surface area contributed by atoms with Crippen molar-refractivity contribution in [2.75, 3.05) is 34.8 Å². The molecule has 1 aromatic rings. The van der Waals surface area contributed by atoms with E-state index in [4.69, 9.17) is 0 Å². The van der Waals surface area contributed by atoms with Gasteiger partial charge in [-0.2, -0.15) is 10.1 Å². The van der Waals surface area contributed by atoms with Gasteiger partial charge in [-0.15, -0.1) is 5.10 Å². The van der Waals surface area contributed by atoms with Crippen molar-refractivity contribution in [3.05, 3.63) is 6.20 Å². The number of nitrogens with zero attached hydrogens (tertiary/aromatic N) is 4. The Kier molecular flexibility index (Phi) is 3.73. The first-order chi connectivity index (χ1) is 9.62. The van der Waals surface area contributed by atoms with E-state index in [0.717, 1.165) is 18.9 Å². The van der Waals surface area contributed by atoms with Crippen LogP contribution in [0.25, 0.3) is 0 Å². The molecule has 2 aliphatic heterocycles. The van der Waals surface area contributed by atoms with Crippen LogP contribution in [0.15, 0.2) is 6.20 Å². The molecule has 0 radical (unpaired) electrons. The van der Waals surface area contributed by atoms with E-state index in [0.29, 0.717) is 12.4 Å². The van der Waals surface area contributed by atoms with Crippen molar-refractivity contribution in [2.45, 2.75) is 31.7 Å². The third kappa shape index (κ3) is 3.17. The van der Waals surface area contributed by atoms with Crippen molar-refractivity contribution >= 4 is 21.6 Å². The Morgan fingerprint density at radius 1 is 1.25 bits per heavy atom. The first-order valence-electron chi connectivity index (χ1n) is 7.04. The molecular formula is C12H19N5O2S. The Hall–Kier alpha value is -1.44. The van der Waals surface area contributed by atoms with Gasteiger partial charge >= 0.3 is 0 Å². The summed E-state index contributed by atoms with van der Waals surface area (Å²) < 4.78 is 22.9. The van der Waals surface area contributed by atoms with Crippen LogP contribution in [-0.4, -0.2) is 54.2 Å². The number of hydrogen-bond donors (Lipinski definition) is 1. The summed E-state index contributed by atoms with van der Waals surface area (Å²) in [7, 11) is -2.90. The van der Waals surface area contributed by atoms with Crippen molar-refractivity contribution in [1.29, 1.82) is 0 Å². The standard InChI is InChI=1S/C12H19N5O2S/c18-20(19)7-4-10(9-20)14-12-15-11(8-13-16-12)17-5-2-1-3-6-17/h8,10H,1-7,9H2,(H,14,15,16). The Bertz CT molecular complexity index is 571. The second-order valence-corrected chi connectivity index (χ2v) is 7.66. The highest BCUT2D eigenvalue weighted by molar-refractivity contribution is 7.91. The molecule has 8 heteroatoms. The van der Waals surface area contributed by atoms with E-state index in [-0.39, 0.29) is 17.5 Å². The van der Waals surface area contributed by atoms with Crippen LogP contribution in [0.4, 0.5) is 11.8 Å². The van der Waals surface area contributed by atoms with Gasteiger partial charge in [0.05, 0.1) is 17.7 Å². The quantitative estimate of drug-likeness (QED) is 0.867. The molecule has 2 saturated heterocycles. The average molecular weight is 297 g/mol. The van der Waals surface area contributed by atoms with Crippen LogP contribution in [0.2, 0.25) is 0 Å². The summed E-state index contributed by atoms with van der Waals surface area (Å²) in [4.78, 5) is 6.66. The van der Waals surface area contributed by atoms with Gasteiger partial charge in [0.15, 0.2) is 15.7 Å². The van der Waals surface area contributed by atoms with Gasteiger partial charge in [-0.1, -0.05) is 0 Å². The molecule has 0 saturated carbocycles. The molecule has 7 nitrogen and oxygen atoms in total. The van der Waals surface area contributed by atoms with E-state index in [1.807, 2.05) is 0 Å². The highest BCUT2D eigenvalue weighted by Crippen LogP contribution is 2.19. The molecule has 0 aromatic carbocycles. The van der Waals surface area contributed by atoms with E-state index in [2.05, 4.69) is 25.4 Å². The van der Waals surface area contributed by atoms with Gasteiger partial charge in [0, 0.05) is 19.1 Å². The molecule has 0 spiro atoms. The zero-order chi connectivity index (χ0) is 14.0. The highest BCUT2D eigenvalue weighted by Gasteiger charge is 2.28. The summed E-state index contributed by atoms with van der Waals surface area (Å²) in [6, 6.07) is -0.0987. The number of hydrogen-bond acceptors (Lipinski definition) is 7. The predicted octanol–water partition coefficient (Wildman–Crippen LogP) is 0.461. The molecule has 0 aliphatic carbocycles. The largest absolute Gasteiger partial charge is 0.355 e. The SMILES string of the molecule is O=S1(=O)CCC(Nc2nncc(N3CCCCC3)n2)C1. The van der Waals surface area contributed by atoms with E-state index in [9.17, 15) is 8.42 Å². The first kappa shape index (κ1) is 13.5. The molecule has 1 aromatic heterocycles. The third-order valence-electron chi connectivity index (χ3n) is 3.79. The molecule has 110 valence electrons. The maximum absolute atomic E-state index is 11.4. The lowest BCUT2D eigenvalue weighted by atomic mass is 10.1. The minimum atomic E-state index is -2.90. The van der Waals surface area contributed by atoms with Crippen molar-refractivity contribution in [3.8, 4) is 0 Å². The highest BCUT2D eigenvalue weighted by atomic mass is 32.2. The van der Waals surface area contributed by atoms with Crippen LogP contribution < -0.4 is 10.2 Å². The summed E-state index contributed by atoms with van der Waals surface area (Å²) in [6.07, 6.45) is 5.89. The van der Waals surface area contributed by atoms with E-state index < -0.39 is 9.84 Å². The molecule has 0 amide bonds. The summed E-state index contributed by atoms with van der Waals surface area (Å²) in [5.74, 6) is 1.65. The fourth-order valence-corrected chi connectivity index (χ4v) is 4.40. The van der Waals surface area contributed by atoms with Gasteiger partial charge < -0.3 is 10.2 Å². The minimum Gasteiger partial charge on any atom is -0.355 e. The first-order valence-corrected chi connectivity index (χ1v) is 8.86. The summed E-state index contributed by atoms with van der Waals surface area (Å²) in [5.41, 5.74) is 0. The fraction of sp³-hybridized carbons (Fsp3) is 0.750. The number of sulfone groups is 1. The van der Waals surface area contributed by atoms with E-state index >= 15 is 0 Å². The van der Waals surface area contributed by atoms with Crippen LogP contribution in [-0.2, 0) is 9.84 Å². The molecule has 20 heavy (non-hydrogen) atoms. The number of nitrogens with one attached hydrogen (secondary N) is 1. The Morgan fingerprint density at radius 3 is 2.75 bits per heavy atom. The minimum absolute atomic E-state index is 0.0987. The molecule has 2 fully saturated rings. The van der Waals surface area contributed by atoms with Crippen LogP contribution in [0.1, 0.15) is 25.7 Å². The topological polar surface area (TPSA) is 88.1 Å². The summed E-state index contributed by atoms with van der Waals surface area (Å²) in [5, 5.41) is 11.0. The smallest absolute Gasteiger partial charge is 0.244 e. The summed E-state index contributed by atoms with van der Waals surface area (Å²) in [6.45, 7) is 1.99. The molecule has 1 unspecified atom stereocenters.